The van der Waals surface area contributed by atoms with Crippen molar-refractivity contribution < 1.29 is 14.5 Å². The Morgan fingerprint density at radius 1 is 1.28 bits per heavy atom. The minimum Gasteiger partial charge on any atom is -0.378 e. The molecule has 0 unspecified atom stereocenters. The van der Waals surface area contributed by atoms with Crippen molar-refractivity contribution in [2.24, 2.45) is 13.0 Å². The molecule has 0 aliphatic carbocycles. The van der Waals surface area contributed by atoms with Crippen molar-refractivity contribution in [1.29, 1.82) is 0 Å². The van der Waals surface area contributed by atoms with Gasteiger partial charge in [-0.3, -0.25) is 14.9 Å². The number of piperidine rings is 1. The van der Waals surface area contributed by atoms with Crippen molar-refractivity contribution in [1.82, 2.24) is 14.7 Å². The molecule has 2 aliphatic rings. The van der Waals surface area contributed by atoms with Crippen molar-refractivity contribution in [3.05, 3.63) is 15.8 Å². The monoisotopic (exact) mass is 351 g/mol. The maximum atomic E-state index is 12.6. The summed E-state index contributed by atoms with van der Waals surface area (Å²) in [6.45, 7) is 5.65. The van der Waals surface area contributed by atoms with Gasteiger partial charge in [-0.25, -0.2) is 4.68 Å². The Morgan fingerprint density at radius 3 is 2.48 bits per heavy atom. The van der Waals surface area contributed by atoms with Gasteiger partial charge in [-0.1, -0.05) is 6.92 Å². The lowest BCUT2D eigenvalue weighted by Crippen LogP contribution is -2.47. The average molecular weight is 351 g/mol. The van der Waals surface area contributed by atoms with E-state index in [1.165, 1.54) is 0 Å². The molecular formula is C16H25N5O4. The summed E-state index contributed by atoms with van der Waals surface area (Å²) in [6.07, 6.45) is 1.94. The molecule has 1 amide bonds. The normalized spacial score (nSPS) is 19.3. The van der Waals surface area contributed by atoms with E-state index in [0.717, 1.165) is 0 Å². The van der Waals surface area contributed by atoms with Crippen LogP contribution in [0.25, 0.3) is 0 Å². The van der Waals surface area contributed by atoms with Crippen LogP contribution in [0.2, 0.25) is 0 Å². The second-order valence-electron chi connectivity index (χ2n) is 6.55. The Kier molecular flexibility index (Phi) is 5.22. The third-order valence-corrected chi connectivity index (χ3v) is 5.05. The van der Waals surface area contributed by atoms with Gasteiger partial charge in [0, 0.05) is 39.1 Å². The first-order valence-corrected chi connectivity index (χ1v) is 8.84. The van der Waals surface area contributed by atoms with Crippen LogP contribution in [0.5, 0.6) is 0 Å². The fraction of sp³-hybridized carbons (Fsp3) is 0.750. The number of hydrogen-bond donors (Lipinski definition) is 0. The quantitative estimate of drug-likeness (QED) is 0.593. The summed E-state index contributed by atoms with van der Waals surface area (Å²) in [5, 5.41) is 15.8. The molecule has 2 saturated heterocycles. The lowest BCUT2D eigenvalue weighted by Gasteiger charge is -2.35. The maximum absolute atomic E-state index is 12.6. The highest BCUT2D eigenvalue weighted by Crippen LogP contribution is 2.34. The van der Waals surface area contributed by atoms with Gasteiger partial charge in [-0.05, 0) is 19.3 Å². The van der Waals surface area contributed by atoms with E-state index < -0.39 is 0 Å². The topological polar surface area (TPSA) is 93.7 Å². The molecule has 3 rings (SSSR count). The van der Waals surface area contributed by atoms with E-state index >= 15 is 0 Å². The molecule has 2 fully saturated rings. The van der Waals surface area contributed by atoms with E-state index in [-0.39, 0.29) is 22.4 Å². The van der Waals surface area contributed by atoms with Crippen molar-refractivity contribution in [3.8, 4) is 0 Å². The molecule has 0 aromatic carbocycles. The van der Waals surface area contributed by atoms with Gasteiger partial charge in [-0.15, -0.1) is 0 Å². The standard InChI is InChI=1S/C16H25N5O4/c1-3-13-14(21(23)24)15(18(2)17-13)19-6-4-12(5-7-19)16(22)20-8-10-25-11-9-20/h12H,3-11H2,1-2H3. The molecule has 1 aromatic rings. The smallest absolute Gasteiger partial charge is 0.334 e. The van der Waals surface area contributed by atoms with Crippen LogP contribution in [0.1, 0.15) is 25.5 Å². The number of morpholine rings is 1. The van der Waals surface area contributed by atoms with Crippen molar-refractivity contribution in [2.45, 2.75) is 26.2 Å². The van der Waals surface area contributed by atoms with E-state index in [2.05, 4.69) is 5.10 Å². The highest BCUT2D eigenvalue weighted by Gasteiger charge is 2.34. The first-order chi connectivity index (χ1) is 12.0. The summed E-state index contributed by atoms with van der Waals surface area (Å²) in [5.41, 5.74) is 0.608. The molecular weight excluding hydrogens is 326 g/mol. The third-order valence-electron chi connectivity index (χ3n) is 5.05. The number of nitrogens with zero attached hydrogens (tertiary/aromatic N) is 5. The van der Waals surface area contributed by atoms with E-state index in [0.29, 0.717) is 70.2 Å². The van der Waals surface area contributed by atoms with Crippen molar-refractivity contribution in [3.63, 3.8) is 0 Å². The number of hydrogen-bond acceptors (Lipinski definition) is 6. The molecule has 0 radical (unpaired) electrons. The van der Waals surface area contributed by atoms with E-state index in [9.17, 15) is 14.9 Å². The summed E-state index contributed by atoms with van der Waals surface area (Å²) < 4.78 is 6.90. The average Bonchev–Trinajstić information content (AvgIpc) is 2.98. The van der Waals surface area contributed by atoms with E-state index in [1.54, 1.807) is 11.7 Å². The SMILES string of the molecule is CCc1nn(C)c(N2CCC(C(=O)N3CCOCC3)CC2)c1[N+](=O)[O-]. The number of amides is 1. The number of carbonyl (C=O) groups is 1. The van der Waals surface area contributed by atoms with Crippen molar-refractivity contribution >= 4 is 17.4 Å². The predicted molar refractivity (Wildman–Crippen MR) is 91.6 cm³/mol. The molecule has 0 spiro atoms. The first-order valence-electron chi connectivity index (χ1n) is 8.84. The second kappa shape index (κ2) is 7.38. The number of ether oxygens (including phenoxy) is 1. The maximum Gasteiger partial charge on any atom is 0.334 e. The third kappa shape index (κ3) is 3.46. The molecule has 1 aromatic heterocycles. The van der Waals surface area contributed by atoms with Gasteiger partial charge in [-0.2, -0.15) is 5.10 Å². The number of anilines is 1. The molecule has 0 atom stereocenters. The summed E-state index contributed by atoms with van der Waals surface area (Å²) in [5.74, 6) is 0.739. The number of rotatable bonds is 4. The van der Waals surface area contributed by atoms with Crippen LogP contribution in [0, 0.1) is 16.0 Å². The van der Waals surface area contributed by atoms with Crippen LogP contribution in [0.3, 0.4) is 0 Å². The van der Waals surface area contributed by atoms with Gasteiger partial charge in [0.25, 0.3) is 0 Å². The number of nitro groups is 1. The minimum absolute atomic E-state index is 0.00715. The minimum atomic E-state index is -0.341. The van der Waals surface area contributed by atoms with E-state index in [1.807, 2.05) is 16.7 Å². The summed E-state index contributed by atoms with van der Waals surface area (Å²) >= 11 is 0. The van der Waals surface area contributed by atoms with Crippen LogP contribution < -0.4 is 4.90 Å². The zero-order valence-electron chi connectivity index (χ0n) is 14.8. The fourth-order valence-corrected chi connectivity index (χ4v) is 3.72. The molecule has 2 aliphatic heterocycles. The highest BCUT2D eigenvalue weighted by molar-refractivity contribution is 5.79. The Morgan fingerprint density at radius 2 is 1.92 bits per heavy atom. The molecule has 0 saturated carbocycles. The Bertz CT molecular complexity index is 645. The van der Waals surface area contributed by atoms with E-state index in [4.69, 9.17) is 4.74 Å². The molecule has 9 heteroatoms. The lowest BCUT2D eigenvalue weighted by atomic mass is 9.95. The largest absolute Gasteiger partial charge is 0.378 e. The fourth-order valence-electron chi connectivity index (χ4n) is 3.72. The second-order valence-corrected chi connectivity index (χ2v) is 6.55. The van der Waals surface area contributed by atoms with Crippen LogP contribution in [0.4, 0.5) is 11.5 Å². The summed E-state index contributed by atoms with van der Waals surface area (Å²) in [6, 6.07) is 0. The lowest BCUT2D eigenvalue weighted by molar-refractivity contribution is -0.384. The molecule has 25 heavy (non-hydrogen) atoms. The Labute approximate surface area is 146 Å². The molecule has 138 valence electrons. The zero-order valence-corrected chi connectivity index (χ0v) is 14.8. The van der Waals surface area contributed by atoms with Crippen LogP contribution >= 0.6 is 0 Å². The molecule has 0 N–H and O–H groups in total. The van der Waals surface area contributed by atoms with Gasteiger partial charge in [0.1, 0.15) is 5.69 Å². The highest BCUT2D eigenvalue weighted by atomic mass is 16.6. The predicted octanol–water partition coefficient (Wildman–Crippen LogP) is 0.966. The van der Waals surface area contributed by atoms with Crippen LogP contribution in [-0.4, -0.2) is 64.9 Å². The Balaban J connectivity index is 1.69. The van der Waals surface area contributed by atoms with Crippen molar-refractivity contribution in [2.75, 3.05) is 44.3 Å². The molecule has 0 bridgehead atoms. The van der Waals surface area contributed by atoms with Crippen LogP contribution in [-0.2, 0) is 23.0 Å². The van der Waals surface area contributed by atoms with Gasteiger partial charge >= 0.3 is 5.69 Å². The zero-order chi connectivity index (χ0) is 18.0. The number of aryl methyl sites for hydroxylation is 2. The number of aromatic nitrogens is 2. The van der Waals surface area contributed by atoms with Crippen LogP contribution in [0.15, 0.2) is 0 Å². The van der Waals surface area contributed by atoms with Gasteiger partial charge in [0.05, 0.1) is 18.1 Å². The van der Waals surface area contributed by atoms with Gasteiger partial charge in [0.2, 0.25) is 11.7 Å². The molecule has 3 heterocycles. The summed E-state index contributed by atoms with van der Waals surface area (Å²) in [4.78, 5) is 27.6. The molecule has 9 nitrogen and oxygen atoms in total. The van der Waals surface area contributed by atoms with Gasteiger partial charge < -0.3 is 14.5 Å². The summed E-state index contributed by atoms with van der Waals surface area (Å²) in [7, 11) is 1.74. The van der Waals surface area contributed by atoms with Gasteiger partial charge in [0.15, 0.2) is 0 Å². The first kappa shape index (κ1) is 17.7. The number of carbonyl (C=O) groups excluding carboxylic acids is 1. The Hall–Kier alpha value is -2.16.